The van der Waals surface area contributed by atoms with Crippen molar-refractivity contribution in [2.24, 2.45) is 0 Å². The monoisotopic (exact) mass is 368 g/mol. The van der Waals surface area contributed by atoms with E-state index in [9.17, 15) is 9.59 Å². The summed E-state index contributed by atoms with van der Waals surface area (Å²) in [7, 11) is 3.12. The van der Waals surface area contributed by atoms with Crippen LogP contribution in [0.15, 0.2) is 36.1 Å². The molecular formula is C21H20O6. The van der Waals surface area contributed by atoms with Gasteiger partial charge in [0, 0.05) is 17.7 Å². The molecule has 2 aromatic carbocycles. The van der Waals surface area contributed by atoms with Gasteiger partial charge in [-0.25, -0.2) is 0 Å². The molecule has 0 atom stereocenters. The number of allylic oxidation sites excluding steroid dienone is 1. The summed E-state index contributed by atoms with van der Waals surface area (Å²) >= 11 is 0. The molecule has 3 rings (SSSR count). The number of methoxy groups -OCH3 is 2. The molecular weight excluding hydrogens is 348 g/mol. The predicted octanol–water partition coefficient (Wildman–Crippen LogP) is 3.60. The molecule has 6 heteroatoms. The quantitative estimate of drug-likeness (QED) is 0.726. The van der Waals surface area contributed by atoms with Crippen LogP contribution >= 0.6 is 0 Å². The molecule has 6 nitrogen and oxygen atoms in total. The van der Waals surface area contributed by atoms with Gasteiger partial charge in [-0.05, 0) is 43.7 Å². The molecule has 0 saturated heterocycles. The lowest BCUT2D eigenvalue weighted by molar-refractivity contribution is -0.118. The van der Waals surface area contributed by atoms with Gasteiger partial charge in [0.2, 0.25) is 5.78 Å². The largest absolute Gasteiger partial charge is 0.497 e. The maximum atomic E-state index is 12.8. The summed E-state index contributed by atoms with van der Waals surface area (Å²) in [6.07, 6.45) is 1.64. The van der Waals surface area contributed by atoms with E-state index in [1.807, 2.05) is 0 Å². The Balaban J connectivity index is 1.93. The Morgan fingerprint density at radius 1 is 1.11 bits per heavy atom. The number of Topliss-reactive ketones (excluding diaryl/α,β-unsaturated/α-hetero) is 2. The fourth-order valence-corrected chi connectivity index (χ4v) is 2.82. The highest BCUT2D eigenvalue weighted by atomic mass is 16.5. The number of aryl methyl sites for hydroxylation is 1. The third-order valence-corrected chi connectivity index (χ3v) is 4.11. The van der Waals surface area contributed by atoms with E-state index in [0.29, 0.717) is 34.1 Å². The van der Waals surface area contributed by atoms with Gasteiger partial charge >= 0.3 is 0 Å². The second kappa shape index (κ2) is 7.53. The van der Waals surface area contributed by atoms with Crippen LogP contribution in [-0.2, 0) is 4.79 Å². The van der Waals surface area contributed by atoms with Crippen molar-refractivity contribution in [3.05, 3.63) is 52.8 Å². The summed E-state index contributed by atoms with van der Waals surface area (Å²) in [6, 6.07) is 8.64. The highest BCUT2D eigenvalue weighted by Crippen LogP contribution is 2.38. The second-order valence-corrected chi connectivity index (χ2v) is 6.15. The summed E-state index contributed by atoms with van der Waals surface area (Å²) in [5, 5.41) is 0. The van der Waals surface area contributed by atoms with Gasteiger partial charge < -0.3 is 18.9 Å². The van der Waals surface area contributed by atoms with E-state index in [1.54, 1.807) is 57.6 Å². The van der Waals surface area contributed by atoms with Crippen molar-refractivity contribution in [2.45, 2.75) is 13.8 Å². The van der Waals surface area contributed by atoms with Crippen molar-refractivity contribution in [3.8, 4) is 23.0 Å². The molecule has 27 heavy (non-hydrogen) atoms. The summed E-state index contributed by atoms with van der Waals surface area (Å²) in [5.74, 6) is 2.02. The summed E-state index contributed by atoms with van der Waals surface area (Å²) in [5.41, 5.74) is 1.91. The molecule has 0 aliphatic carbocycles. The fourth-order valence-electron chi connectivity index (χ4n) is 2.82. The van der Waals surface area contributed by atoms with E-state index in [0.717, 1.165) is 5.56 Å². The van der Waals surface area contributed by atoms with Gasteiger partial charge in [-0.3, -0.25) is 9.59 Å². The minimum Gasteiger partial charge on any atom is -0.497 e. The topological polar surface area (TPSA) is 71.1 Å². The van der Waals surface area contributed by atoms with Gasteiger partial charge in [-0.1, -0.05) is 0 Å². The lowest BCUT2D eigenvalue weighted by atomic mass is 10.0. The van der Waals surface area contributed by atoms with Crippen LogP contribution in [0.4, 0.5) is 0 Å². The number of hydrogen-bond donors (Lipinski definition) is 0. The fraction of sp³-hybridized carbons (Fsp3) is 0.238. The van der Waals surface area contributed by atoms with E-state index in [-0.39, 0.29) is 23.9 Å². The van der Waals surface area contributed by atoms with Crippen molar-refractivity contribution >= 4 is 17.6 Å². The molecule has 0 saturated carbocycles. The molecule has 0 amide bonds. The third kappa shape index (κ3) is 3.79. The van der Waals surface area contributed by atoms with Crippen LogP contribution in [0.25, 0.3) is 6.08 Å². The maximum Gasteiger partial charge on any atom is 0.232 e. The lowest BCUT2D eigenvalue weighted by Gasteiger charge is -2.08. The Hall–Kier alpha value is -3.28. The molecule has 140 valence electrons. The maximum absolute atomic E-state index is 12.8. The second-order valence-electron chi connectivity index (χ2n) is 6.15. The molecule has 0 fully saturated rings. The number of carbonyl (C=O) groups excluding carboxylic acids is 2. The number of benzene rings is 2. The normalized spacial score (nSPS) is 13.9. The van der Waals surface area contributed by atoms with Crippen LogP contribution < -0.4 is 18.9 Å². The summed E-state index contributed by atoms with van der Waals surface area (Å²) in [6.45, 7) is 3.22. The molecule has 0 aromatic heterocycles. The first-order valence-corrected chi connectivity index (χ1v) is 8.36. The molecule has 0 spiro atoms. The first-order valence-electron chi connectivity index (χ1n) is 8.36. The Morgan fingerprint density at radius 2 is 1.89 bits per heavy atom. The molecule has 1 aliphatic heterocycles. The number of fused-ring (bicyclic) bond motifs is 1. The minimum atomic E-state index is -0.210. The summed E-state index contributed by atoms with van der Waals surface area (Å²) < 4.78 is 21.7. The zero-order valence-corrected chi connectivity index (χ0v) is 15.6. The van der Waals surface area contributed by atoms with E-state index >= 15 is 0 Å². The predicted molar refractivity (Wildman–Crippen MR) is 99.8 cm³/mol. The average Bonchev–Trinajstić information content (AvgIpc) is 2.96. The highest BCUT2D eigenvalue weighted by molar-refractivity contribution is 6.15. The van der Waals surface area contributed by atoms with Gasteiger partial charge in [-0.2, -0.15) is 0 Å². The molecule has 0 bridgehead atoms. The zero-order chi connectivity index (χ0) is 19.6. The lowest BCUT2D eigenvalue weighted by Crippen LogP contribution is -2.06. The van der Waals surface area contributed by atoms with Crippen LogP contribution in [0.5, 0.6) is 23.0 Å². The Kier molecular flexibility index (Phi) is 5.16. The van der Waals surface area contributed by atoms with Crippen LogP contribution in [0, 0.1) is 6.92 Å². The number of carbonyl (C=O) groups is 2. The van der Waals surface area contributed by atoms with Crippen molar-refractivity contribution in [2.75, 3.05) is 20.8 Å². The van der Waals surface area contributed by atoms with E-state index in [4.69, 9.17) is 18.9 Å². The van der Waals surface area contributed by atoms with Crippen LogP contribution in [0.1, 0.15) is 28.4 Å². The van der Waals surface area contributed by atoms with Gasteiger partial charge in [0.1, 0.15) is 29.6 Å². The van der Waals surface area contributed by atoms with E-state index < -0.39 is 0 Å². The molecule has 0 N–H and O–H groups in total. The van der Waals surface area contributed by atoms with Crippen LogP contribution in [0.3, 0.4) is 0 Å². The van der Waals surface area contributed by atoms with Crippen molar-refractivity contribution in [1.82, 2.24) is 0 Å². The van der Waals surface area contributed by atoms with Crippen molar-refractivity contribution < 1.29 is 28.5 Å². The SMILES string of the molecule is COc1ccc(/C=C2\Oc3cc(OCC(C)=O)cc(C)c3C2=O)c(OC)c1. The smallest absolute Gasteiger partial charge is 0.232 e. The van der Waals surface area contributed by atoms with Gasteiger partial charge in [0.25, 0.3) is 0 Å². The van der Waals surface area contributed by atoms with Gasteiger partial charge in [0.15, 0.2) is 11.5 Å². The molecule has 1 aliphatic rings. The number of rotatable bonds is 6. The average molecular weight is 368 g/mol. The Morgan fingerprint density at radius 3 is 2.56 bits per heavy atom. The Labute approximate surface area is 157 Å². The first-order chi connectivity index (χ1) is 12.9. The third-order valence-electron chi connectivity index (χ3n) is 4.11. The van der Waals surface area contributed by atoms with E-state index in [2.05, 4.69) is 0 Å². The first kappa shape index (κ1) is 18.5. The minimum absolute atomic E-state index is 0.0298. The number of hydrogen-bond acceptors (Lipinski definition) is 6. The van der Waals surface area contributed by atoms with Gasteiger partial charge in [-0.15, -0.1) is 0 Å². The standard InChI is InChI=1S/C21H20O6/c1-12-7-16(26-11-13(2)22)10-18-20(12)21(23)19(27-18)8-14-5-6-15(24-3)9-17(14)25-4/h5-10H,11H2,1-4H3/b19-8-. The number of ether oxygens (including phenoxy) is 4. The van der Waals surface area contributed by atoms with Crippen LogP contribution in [0.2, 0.25) is 0 Å². The van der Waals surface area contributed by atoms with Crippen LogP contribution in [-0.4, -0.2) is 32.4 Å². The molecule has 1 heterocycles. The van der Waals surface area contributed by atoms with Gasteiger partial charge in [0.05, 0.1) is 19.8 Å². The molecule has 2 aromatic rings. The van der Waals surface area contributed by atoms with E-state index in [1.165, 1.54) is 6.92 Å². The zero-order valence-electron chi connectivity index (χ0n) is 15.6. The highest BCUT2D eigenvalue weighted by Gasteiger charge is 2.30. The summed E-state index contributed by atoms with van der Waals surface area (Å²) in [4.78, 5) is 23.9. The van der Waals surface area contributed by atoms with Crippen molar-refractivity contribution in [1.29, 1.82) is 0 Å². The Bertz CT molecular complexity index is 942. The number of ketones is 2. The van der Waals surface area contributed by atoms with Crippen molar-refractivity contribution in [3.63, 3.8) is 0 Å². The molecule has 0 unspecified atom stereocenters. The molecule has 0 radical (unpaired) electrons.